The van der Waals surface area contributed by atoms with Crippen LogP contribution in [0.2, 0.25) is 0 Å². The van der Waals surface area contributed by atoms with Crippen LogP contribution in [0.15, 0.2) is 12.2 Å². The zero-order valence-corrected chi connectivity index (χ0v) is 8.81. The molecular weight excluding hydrogens is 219 g/mol. The van der Waals surface area contributed by atoms with E-state index in [-0.39, 0.29) is 12.1 Å². The highest BCUT2D eigenvalue weighted by molar-refractivity contribution is 5.97. The first-order chi connectivity index (χ1) is 7.38. The Balaban J connectivity index is 2.03. The van der Waals surface area contributed by atoms with Crippen molar-refractivity contribution in [2.75, 3.05) is 0 Å². The molecule has 2 fully saturated rings. The number of nitrogens with one attached hydrogen (secondary N) is 1. The Morgan fingerprint density at radius 1 is 1.19 bits per heavy atom. The summed E-state index contributed by atoms with van der Waals surface area (Å²) >= 11 is 0. The van der Waals surface area contributed by atoms with Crippen molar-refractivity contribution in [3.63, 3.8) is 0 Å². The second-order valence-corrected chi connectivity index (χ2v) is 4.65. The van der Waals surface area contributed by atoms with Gasteiger partial charge in [0, 0.05) is 18.0 Å². The molecule has 1 N–H and O–H groups in total. The van der Waals surface area contributed by atoms with Gasteiger partial charge in [-0.1, -0.05) is 6.58 Å². The third-order valence-corrected chi connectivity index (χ3v) is 3.48. The van der Waals surface area contributed by atoms with Crippen LogP contribution in [0, 0.1) is 5.92 Å². The van der Waals surface area contributed by atoms with E-state index >= 15 is 0 Å². The molecule has 0 aromatic rings. The third-order valence-electron chi connectivity index (χ3n) is 3.48. The number of halogens is 3. The van der Waals surface area contributed by atoms with Crippen LogP contribution >= 0.6 is 0 Å². The van der Waals surface area contributed by atoms with Gasteiger partial charge in [0.25, 0.3) is 0 Å². The fourth-order valence-corrected chi connectivity index (χ4v) is 2.66. The minimum atomic E-state index is -4.58. The van der Waals surface area contributed by atoms with Gasteiger partial charge in [-0.25, -0.2) is 0 Å². The highest BCUT2D eigenvalue weighted by Gasteiger charge is 2.43. The molecule has 5 heteroatoms. The zero-order chi connectivity index (χ0) is 11.9. The van der Waals surface area contributed by atoms with Crippen molar-refractivity contribution >= 4 is 5.78 Å². The average Bonchev–Trinajstić information content (AvgIpc) is 2.54. The van der Waals surface area contributed by atoms with Gasteiger partial charge in [0.15, 0.2) is 5.78 Å². The van der Waals surface area contributed by atoms with Crippen molar-refractivity contribution < 1.29 is 18.0 Å². The molecule has 2 nitrogen and oxygen atoms in total. The van der Waals surface area contributed by atoms with Gasteiger partial charge in [-0.05, 0) is 25.7 Å². The molecule has 2 aliphatic rings. The molecule has 0 spiro atoms. The Kier molecular flexibility index (Phi) is 2.82. The molecule has 2 heterocycles. The van der Waals surface area contributed by atoms with Crippen LogP contribution < -0.4 is 5.32 Å². The number of Topliss-reactive ketones (excluding diaryl/α,β-unsaturated/α-hetero) is 1. The molecule has 2 unspecified atom stereocenters. The average molecular weight is 233 g/mol. The summed E-state index contributed by atoms with van der Waals surface area (Å²) in [7, 11) is 0. The smallest absolute Gasteiger partial charge is 0.311 e. The van der Waals surface area contributed by atoms with E-state index in [9.17, 15) is 18.0 Å². The van der Waals surface area contributed by atoms with Gasteiger partial charge >= 0.3 is 6.18 Å². The van der Waals surface area contributed by atoms with Gasteiger partial charge in [-0.2, -0.15) is 13.2 Å². The van der Waals surface area contributed by atoms with Crippen molar-refractivity contribution in [3.05, 3.63) is 12.2 Å². The van der Waals surface area contributed by atoms with Gasteiger partial charge in [0.05, 0.1) is 5.57 Å². The van der Waals surface area contributed by atoms with Gasteiger partial charge < -0.3 is 5.32 Å². The largest absolute Gasteiger partial charge is 0.419 e. The number of alkyl halides is 3. The minimum Gasteiger partial charge on any atom is -0.311 e. The third kappa shape index (κ3) is 2.14. The first-order valence-electron chi connectivity index (χ1n) is 5.44. The normalized spacial score (nSPS) is 33.8. The Labute approximate surface area is 91.9 Å². The summed E-state index contributed by atoms with van der Waals surface area (Å²) in [5.74, 6) is -1.31. The Morgan fingerprint density at radius 3 is 2.12 bits per heavy atom. The fraction of sp³-hybridized carbons (Fsp3) is 0.727. The summed E-state index contributed by atoms with van der Waals surface area (Å²) < 4.78 is 37.0. The van der Waals surface area contributed by atoms with Crippen LogP contribution in [0.25, 0.3) is 0 Å². The predicted octanol–water partition coefficient (Wildman–Crippen LogP) is 2.20. The molecule has 2 aliphatic heterocycles. The summed E-state index contributed by atoms with van der Waals surface area (Å²) in [5.41, 5.74) is -1.20. The summed E-state index contributed by atoms with van der Waals surface area (Å²) in [4.78, 5) is 11.6. The molecule has 2 bridgehead atoms. The number of rotatable bonds is 2. The molecular formula is C11H14F3NO. The molecule has 90 valence electrons. The molecule has 0 saturated carbocycles. The first kappa shape index (κ1) is 11.6. The van der Waals surface area contributed by atoms with E-state index in [1.54, 1.807) is 0 Å². The van der Waals surface area contributed by atoms with Crippen LogP contribution in [0.4, 0.5) is 13.2 Å². The van der Waals surface area contributed by atoms with E-state index in [1.807, 2.05) is 0 Å². The lowest BCUT2D eigenvalue weighted by Crippen LogP contribution is -2.41. The number of ketones is 1. The summed E-state index contributed by atoms with van der Waals surface area (Å²) in [6.45, 7) is 2.88. The standard InChI is InChI=1S/C11H14F3NO/c1-6(11(12,13)14)10(16)7-4-8-2-3-9(5-7)15-8/h7-9,15H,1-5H2. The molecule has 2 rings (SSSR count). The van der Waals surface area contributed by atoms with Crippen LogP contribution in [-0.4, -0.2) is 24.0 Å². The van der Waals surface area contributed by atoms with E-state index in [2.05, 4.69) is 11.9 Å². The van der Waals surface area contributed by atoms with E-state index in [0.717, 1.165) is 12.8 Å². The number of piperidine rings is 1. The highest BCUT2D eigenvalue weighted by Crippen LogP contribution is 2.35. The van der Waals surface area contributed by atoms with Crippen molar-refractivity contribution in [1.29, 1.82) is 0 Å². The van der Waals surface area contributed by atoms with E-state index in [0.29, 0.717) is 12.8 Å². The Hall–Kier alpha value is -0.840. The van der Waals surface area contributed by atoms with Crippen molar-refractivity contribution in [2.24, 2.45) is 5.92 Å². The maximum Gasteiger partial charge on any atom is 0.419 e. The number of carbonyl (C=O) groups excluding carboxylic acids is 1. The lowest BCUT2D eigenvalue weighted by atomic mass is 9.86. The van der Waals surface area contributed by atoms with E-state index in [1.165, 1.54) is 0 Å². The van der Waals surface area contributed by atoms with E-state index < -0.39 is 23.5 Å². The monoisotopic (exact) mass is 233 g/mol. The fourth-order valence-electron chi connectivity index (χ4n) is 2.66. The number of hydrogen-bond donors (Lipinski definition) is 1. The molecule has 0 amide bonds. The second-order valence-electron chi connectivity index (χ2n) is 4.65. The molecule has 0 radical (unpaired) electrons. The first-order valence-corrected chi connectivity index (χ1v) is 5.44. The minimum absolute atomic E-state index is 0.216. The number of carbonyl (C=O) groups is 1. The zero-order valence-electron chi connectivity index (χ0n) is 8.81. The SMILES string of the molecule is C=C(C(=O)C1CC2CCC(C1)N2)C(F)(F)F. The number of hydrogen-bond acceptors (Lipinski definition) is 2. The number of allylic oxidation sites excluding steroid dienone is 1. The highest BCUT2D eigenvalue weighted by atomic mass is 19.4. The number of fused-ring (bicyclic) bond motifs is 2. The predicted molar refractivity (Wildman–Crippen MR) is 52.9 cm³/mol. The molecule has 2 saturated heterocycles. The van der Waals surface area contributed by atoms with Gasteiger partial charge in [0.2, 0.25) is 0 Å². The summed E-state index contributed by atoms with van der Waals surface area (Å²) in [6, 6.07) is 0.433. The Bertz CT molecular complexity index is 312. The maximum atomic E-state index is 12.3. The van der Waals surface area contributed by atoms with Crippen molar-refractivity contribution in [3.8, 4) is 0 Å². The molecule has 0 aromatic carbocycles. The molecule has 16 heavy (non-hydrogen) atoms. The topological polar surface area (TPSA) is 29.1 Å². The van der Waals surface area contributed by atoms with Gasteiger partial charge in [-0.15, -0.1) is 0 Å². The van der Waals surface area contributed by atoms with Crippen LogP contribution in [-0.2, 0) is 4.79 Å². The molecule has 2 atom stereocenters. The van der Waals surface area contributed by atoms with E-state index in [4.69, 9.17) is 0 Å². The van der Waals surface area contributed by atoms with Crippen LogP contribution in [0.3, 0.4) is 0 Å². The van der Waals surface area contributed by atoms with Gasteiger partial charge in [-0.3, -0.25) is 4.79 Å². The Morgan fingerprint density at radius 2 is 1.69 bits per heavy atom. The summed E-state index contributed by atoms with van der Waals surface area (Å²) in [6.07, 6.45) is -1.62. The van der Waals surface area contributed by atoms with Crippen LogP contribution in [0.1, 0.15) is 25.7 Å². The second kappa shape index (κ2) is 3.87. The lowest BCUT2D eigenvalue weighted by Gasteiger charge is -2.28. The quantitative estimate of drug-likeness (QED) is 0.741. The molecule has 0 aliphatic carbocycles. The lowest BCUT2D eigenvalue weighted by molar-refractivity contribution is -0.133. The molecule has 0 aromatic heterocycles. The van der Waals surface area contributed by atoms with Crippen molar-refractivity contribution in [2.45, 2.75) is 43.9 Å². The van der Waals surface area contributed by atoms with Gasteiger partial charge in [0.1, 0.15) is 0 Å². The van der Waals surface area contributed by atoms with Crippen molar-refractivity contribution in [1.82, 2.24) is 5.32 Å². The van der Waals surface area contributed by atoms with Crippen LogP contribution in [0.5, 0.6) is 0 Å². The summed E-state index contributed by atoms with van der Waals surface area (Å²) in [5, 5.41) is 3.29. The maximum absolute atomic E-state index is 12.3.